The third kappa shape index (κ3) is 1.93. The molecule has 0 aromatic rings. The molecule has 1 amide bonds. The van der Waals surface area contributed by atoms with Crippen LogP contribution in [-0.4, -0.2) is 18.5 Å². The van der Waals surface area contributed by atoms with Gasteiger partial charge < -0.3 is 11.1 Å². The lowest BCUT2D eigenvalue weighted by Crippen LogP contribution is -2.55. The molecule has 0 rings (SSSR count). The van der Waals surface area contributed by atoms with E-state index >= 15 is 0 Å². The Morgan fingerprint density at radius 3 is 2.27 bits per heavy atom. The van der Waals surface area contributed by atoms with Crippen LogP contribution in [-0.2, 0) is 4.79 Å². The summed E-state index contributed by atoms with van der Waals surface area (Å²) in [6.45, 7) is 5.90. The molecule has 3 heteroatoms. The van der Waals surface area contributed by atoms with Gasteiger partial charge in [0.05, 0.1) is 5.54 Å². The van der Waals surface area contributed by atoms with Crippen LogP contribution in [0.15, 0.2) is 0 Å². The van der Waals surface area contributed by atoms with Gasteiger partial charge in [-0.3, -0.25) is 4.79 Å². The molecule has 0 aromatic carbocycles. The minimum Gasteiger partial charge on any atom is -0.368 e. The molecule has 3 N–H and O–H groups in total. The molecule has 0 heterocycles. The van der Waals surface area contributed by atoms with Gasteiger partial charge in [0.15, 0.2) is 0 Å². The number of rotatable bonds is 4. The molecule has 0 aliphatic carbocycles. The second-order valence-corrected chi connectivity index (χ2v) is 3.13. The summed E-state index contributed by atoms with van der Waals surface area (Å²) in [6, 6.07) is 0. The van der Waals surface area contributed by atoms with Crippen molar-refractivity contribution in [1.29, 1.82) is 0 Å². The first-order valence-corrected chi connectivity index (χ1v) is 3.97. The summed E-state index contributed by atoms with van der Waals surface area (Å²) in [4.78, 5) is 11.0. The fourth-order valence-electron chi connectivity index (χ4n) is 1.02. The van der Waals surface area contributed by atoms with Gasteiger partial charge in [-0.05, 0) is 19.9 Å². The van der Waals surface area contributed by atoms with E-state index in [0.29, 0.717) is 0 Å². The third-order valence-electron chi connectivity index (χ3n) is 2.63. The molecular weight excluding hydrogens is 140 g/mol. The molecule has 0 aliphatic heterocycles. The average Bonchev–Trinajstić information content (AvgIpc) is 2.01. The van der Waals surface area contributed by atoms with Crippen LogP contribution in [0.1, 0.15) is 27.2 Å². The Bertz CT molecular complexity index is 147. The van der Waals surface area contributed by atoms with Gasteiger partial charge in [-0.25, -0.2) is 0 Å². The van der Waals surface area contributed by atoms with E-state index in [1.807, 2.05) is 20.8 Å². The Kier molecular flexibility index (Phi) is 3.52. The molecule has 66 valence electrons. The Hall–Kier alpha value is -0.570. The van der Waals surface area contributed by atoms with Crippen molar-refractivity contribution >= 4 is 5.91 Å². The Morgan fingerprint density at radius 1 is 1.73 bits per heavy atom. The average molecular weight is 158 g/mol. The minimum absolute atomic E-state index is 0.269. The van der Waals surface area contributed by atoms with Crippen molar-refractivity contribution < 1.29 is 4.79 Å². The largest absolute Gasteiger partial charge is 0.368 e. The monoisotopic (exact) mass is 158 g/mol. The van der Waals surface area contributed by atoms with Gasteiger partial charge in [0.2, 0.25) is 5.91 Å². The van der Waals surface area contributed by atoms with Crippen molar-refractivity contribution in [2.24, 2.45) is 11.7 Å². The highest BCUT2D eigenvalue weighted by atomic mass is 16.1. The highest BCUT2D eigenvalue weighted by molar-refractivity contribution is 5.84. The molecule has 0 aromatic heterocycles. The molecular formula is C8H18N2O. The molecule has 0 radical (unpaired) electrons. The van der Waals surface area contributed by atoms with Crippen LogP contribution < -0.4 is 11.1 Å². The number of nitrogens with one attached hydrogen (secondary N) is 1. The number of amides is 1. The van der Waals surface area contributed by atoms with Crippen LogP contribution in [0, 0.1) is 5.92 Å². The van der Waals surface area contributed by atoms with E-state index in [0.717, 1.165) is 6.42 Å². The van der Waals surface area contributed by atoms with Crippen LogP contribution in [0.3, 0.4) is 0 Å². The van der Waals surface area contributed by atoms with Crippen molar-refractivity contribution in [2.75, 3.05) is 7.05 Å². The number of carbonyl (C=O) groups is 1. The molecule has 0 fully saturated rings. The molecule has 2 unspecified atom stereocenters. The summed E-state index contributed by atoms with van der Waals surface area (Å²) in [5, 5.41) is 2.95. The van der Waals surface area contributed by atoms with Gasteiger partial charge in [0, 0.05) is 0 Å². The van der Waals surface area contributed by atoms with Crippen LogP contribution in [0.25, 0.3) is 0 Å². The van der Waals surface area contributed by atoms with Crippen LogP contribution in [0.4, 0.5) is 0 Å². The fraction of sp³-hybridized carbons (Fsp3) is 0.875. The van der Waals surface area contributed by atoms with E-state index in [-0.39, 0.29) is 11.8 Å². The number of carbonyl (C=O) groups excluding carboxylic acids is 1. The summed E-state index contributed by atoms with van der Waals surface area (Å²) in [5.41, 5.74) is 4.70. The van der Waals surface area contributed by atoms with E-state index in [9.17, 15) is 4.79 Å². The lowest BCUT2D eigenvalue weighted by molar-refractivity contribution is -0.125. The highest BCUT2D eigenvalue weighted by Gasteiger charge is 2.33. The minimum atomic E-state index is -0.561. The quantitative estimate of drug-likeness (QED) is 0.626. The van der Waals surface area contributed by atoms with E-state index in [4.69, 9.17) is 5.73 Å². The van der Waals surface area contributed by atoms with E-state index in [2.05, 4.69) is 5.32 Å². The van der Waals surface area contributed by atoms with Crippen molar-refractivity contribution in [2.45, 2.75) is 32.7 Å². The summed E-state index contributed by atoms with van der Waals surface area (Å²) in [7, 11) is 1.76. The predicted octanol–water partition coefficient (Wildman–Crippen LogP) is 0.496. The van der Waals surface area contributed by atoms with Crippen molar-refractivity contribution in [3.8, 4) is 0 Å². The maximum atomic E-state index is 11.0. The lowest BCUT2D eigenvalue weighted by atomic mass is 9.85. The zero-order valence-electron chi connectivity index (χ0n) is 7.77. The van der Waals surface area contributed by atoms with E-state index in [1.54, 1.807) is 7.05 Å². The zero-order valence-corrected chi connectivity index (χ0v) is 7.77. The number of hydrogen-bond donors (Lipinski definition) is 2. The maximum Gasteiger partial charge on any atom is 0.237 e. The van der Waals surface area contributed by atoms with Gasteiger partial charge in [0.25, 0.3) is 0 Å². The summed E-state index contributed by atoms with van der Waals surface area (Å²) in [6.07, 6.45) is 0.945. The highest BCUT2D eigenvalue weighted by Crippen LogP contribution is 2.18. The Balaban J connectivity index is 4.45. The number of primary amides is 1. The van der Waals surface area contributed by atoms with Gasteiger partial charge in [-0.15, -0.1) is 0 Å². The second kappa shape index (κ2) is 3.72. The van der Waals surface area contributed by atoms with Crippen molar-refractivity contribution in [3.63, 3.8) is 0 Å². The second-order valence-electron chi connectivity index (χ2n) is 3.13. The predicted molar refractivity (Wildman–Crippen MR) is 46.1 cm³/mol. The van der Waals surface area contributed by atoms with E-state index < -0.39 is 5.54 Å². The molecule has 11 heavy (non-hydrogen) atoms. The van der Waals surface area contributed by atoms with Crippen molar-refractivity contribution in [1.82, 2.24) is 5.32 Å². The summed E-state index contributed by atoms with van der Waals surface area (Å²) >= 11 is 0. The molecule has 2 atom stereocenters. The Morgan fingerprint density at radius 2 is 2.18 bits per heavy atom. The van der Waals surface area contributed by atoms with Crippen LogP contribution in [0.2, 0.25) is 0 Å². The topological polar surface area (TPSA) is 55.1 Å². The maximum absolute atomic E-state index is 11.0. The lowest BCUT2D eigenvalue weighted by Gasteiger charge is -2.31. The number of likely N-dealkylation sites (N-methyl/N-ethyl adjacent to an activating group) is 1. The molecule has 0 bridgehead atoms. The zero-order chi connectivity index (χ0) is 9.07. The van der Waals surface area contributed by atoms with Gasteiger partial charge in [-0.2, -0.15) is 0 Å². The van der Waals surface area contributed by atoms with Gasteiger partial charge >= 0.3 is 0 Å². The normalized spacial score (nSPS) is 18.9. The van der Waals surface area contributed by atoms with E-state index in [1.165, 1.54) is 0 Å². The number of nitrogens with two attached hydrogens (primary N) is 1. The third-order valence-corrected chi connectivity index (χ3v) is 2.63. The smallest absolute Gasteiger partial charge is 0.237 e. The summed E-state index contributed by atoms with van der Waals surface area (Å²) < 4.78 is 0. The molecule has 0 saturated carbocycles. The molecule has 0 saturated heterocycles. The molecule has 0 aliphatic rings. The molecule has 3 nitrogen and oxygen atoms in total. The van der Waals surface area contributed by atoms with Crippen LogP contribution in [0.5, 0.6) is 0 Å². The standard InChI is InChI=1S/C8H18N2O/c1-5-6(2)8(3,10-4)7(9)11/h6,10H,5H2,1-4H3,(H2,9,11). The Labute approximate surface area is 68.3 Å². The first kappa shape index (κ1) is 10.4. The van der Waals surface area contributed by atoms with Crippen molar-refractivity contribution in [3.05, 3.63) is 0 Å². The first-order chi connectivity index (χ1) is 4.99. The van der Waals surface area contributed by atoms with Gasteiger partial charge in [-0.1, -0.05) is 20.3 Å². The fourth-order valence-corrected chi connectivity index (χ4v) is 1.02. The first-order valence-electron chi connectivity index (χ1n) is 3.97. The summed E-state index contributed by atoms with van der Waals surface area (Å²) in [5.74, 6) is -0.0145. The van der Waals surface area contributed by atoms with Gasteiger partial charge in [0.1, 0.15) is 0 Å². The molecule has 0 spiro atoms. The number of hydrogen-bond acceptors (Lipinski definition) is 2. The SMILES string of the molecule is CCC(C)C(C)(NC)C(N)=O. The van der Waals surface area contributed by atoms with Crippen LogP contribution >= 0.6 is 0 Å².